The van der Waals surface area contributed by atoms with E-state index in [1.807, 2.05) is 79.7 Å². The van der Waals surface area contributed by atoms with Crippen molar-refractivity contribution < 1.29 is 19.3 Å². The fourth-order valence-corrected chi connectivity index (χ4v) is 4.44. The van der Waals surface area contributed by atoms with Crippen LogP contribution >= 0.6 is 11.8 Å². The number of rotatable bonds is 8. The first-order valence-corrected chi connectivity index (χ1v) is 11.2. The minimum atomic E-state index is -0.496. The Balaban J connectivity index is 1.73. The molecule has 0 saturated carbocycles. The zero-order valence-corrected chi connectivity index (χ0v) is 18.9. The first-order valence-electron chi connectivity index (χ1n) is 10.4. The van der Waals surface area contributed by atoms with E-state index in [0.29, 0.717) is 19.6 Å². The van der Waals surface area contributed by atoms with Crippen LogP contribution in [0, 0.1) is 0 Å². The van der Waals surface area contributed by atoms with E-state index in [4.69, 9.17) is 14.2 Å². The summed E-state index contributed by atoms with van der Waals surface area (Å²) in [5, 5.41) is 10.8. The van der Waals surface area contributed by atoms with Crippen molar-refractivity contribution >= 4 is 23.6 Å². The average Bonchev–Trinajstić information content (AvgIpc) is 2.81. The summed E-state index contributed by atoms with van der Waals surface area (Å²) in [6.45, 7) is 4.39. The van der Waals surface area contributed by atoms with Gasteiger partial charge < -0.3 is 19.3 Å². The molecule has 2 aromatic carbocycles. The highest BCUT2D eigenvalue weighted by Gasteiger charge is 2.42. The van der Waals surface area contributed by atoms with E-state index in [-0.39, 0.29) is 24.3 Å². The van der Waals surface area contributed by atoms with Gasteiger partial charge in [0.15, 0.2) is 6.72 Å². The number of benzene rings is 2. The van der Waals surface area contributed by atoms with Crippen molar-refractivity contribution in [1.82, 2.24) is 9.57 Å². The Hall–Kier alpha value is -2.12. The molecule has 0 aliphatic carbocycles. The highest BCUT2D eigenvalue weighted by Crippen LogP contribution is 2.32. The Kier molecular flexibility index (Phi) is 9.15. The molecule has 0 bridgehead atoms. The molecular weight excluding hydrogens is 412 g/mol. The van der Waals surface area contributed by atoms with E-state index >= 15 is 0 Å². The van der Waals surface area contributed by atoms with Crippen molar-refractivity contribution in [3.8, 4) is 0 Å². The fraction of sp³-hybridized carbons (Fsp3) is 0.417. The minimum Gasteiger partial charge on any atom is -0.394 e. The molecule has 1 aliphatic rings. The van der Waals surface area contributed by atoms with Gasteiger partial charge in [0.25, 0.3) is 0 Å². The second-order valence-corrected chi connectivity index (χ2v) is 8.70. The number of amidine groups is 1. The van der Waals surface area contributed by atoms with Crippen LogP contribution in [0.5, 0.6) is 0 Å². The SMILES string of the molecule is C=[N+]=C(S[C@@H]1C[C@@H](OCc2ccccc2)[C@H](OCc2ccccc2)[C@@H](CO)O1)N(C)C. The van der Waals surface area contributed by atoms with Crippen LogP contribution in [0.2, 0.25) is 0 Å². The molecule has 0 unspecified atom stereocenters. The summed E-state index contributed by atoms with van der Waals surface area (Å²) in [4.78, 5) is 1.90. The van der Waals surface area contributed by atoms with Gasteiger partial charge in [0.2, 0.25) is 0 Å². The van der Waals surface area contributed by atoms with E-state index in [2.05, 4.69) is 11.4 Å². The van der Waals surface area contributed by atoms with Gasteiger partial charge in [-0.25, -0.2) is 9.57 Å². The maximum Gasteiger partial charge on any atom is 0.407 e. The van der Waals surface area contributed by atoms with Crippen molar-refractivity contribution in [2.24, 2.45) is 0 Å². The molecule has 4 atom stereocenters. The molecule has 2 aromatic rings. The van der Waals surface area contributed by atoms with E-state index in [1.165, 1.54) is 11.8 Å². The molecule has 1 aliphatic heterocycles. The number of aliphatic hydroxyl groups excluding tert-OH is 1. The third kappa shape index (κ3) is 6.94. The summed E-state index contributed by atoms with van der Waals surface area (Å²) in [6, 6.07) is 20.0. The van der Waals surface area contributed by atoms with Crippen LogP contribution in [0.4, 0.5) is 0 Å². The van der Waals surface area contributed by atoms with E-state index in [1.54, 1.807) is 0 Å². The first kappa shape index (κ1) is 23.5. The van der Waals surface area contributed by atoms with E-state index < -0.39 is 6.10 Å². The van der Waals surface area contributed by atoms with Gasteiger partial charge in [-0.05, 0) is 11.1 Å². The van der Waals surface area contributed by atoms with Gasteiger partial charge >= 0.3 is 5.17 Å². The molecule has 31 heavy (non-hydrogen) atoms. The van der Waals surface area contributed by atoms with Gasteiger partial charge in [-0.3, -0.25) is 0 Å². The summed E-state index contributed by atoms with van der Waals surface area (Å²) >= 11 is 1.48. The Morgan fingerprint density at radius 2 is 1.65 bits per heavy atom. The molecule has 6 nitrogen and oxygen atoms in total. The van der Waals surface area contributed by atoms with Crippen molar-refractivity contribution in [1.29, 1.82) is 0 Å². The zero-order valence-electron chi connectivity index (χ0n) is 18.1. The summed E-state index contributed by atoms with van der Waals surface area (Å²) in [7, 11) is 3.83. The molecule has 0 amide bonds. The Morgan fingerprint density at radius 3 is 2.16 bits per heavy atom. The second kappa shape index (κ2) is 12.1. The number of nitrogens with zero attached hydrogens (tertiary/aromatic N) is 2. The van der Waals surface area contributed by atoms with Crippen LogP contribution in [0.1, 0.15) is 17.5 Å². The van der Waals surface area contributed by atoms with Crippen LogP contribution in [-0.4, -0.2) is 66.3 Å². The molecule has 7 heteroatoms. The van der Waals surface area contributed by atoms with Crippen LogP contribution < -0.4 is 4.67 Å². The first-order chi connectivity index (χ1) is 15.1. The predicted molar refractivity (Wildman–Crippen MR) is 126 cm³/mol. The van der Waals surface area contributed by atoms with Gasteiger partial charge in [-0.1, -0.05) is 60.7 Å². The van der Waals surface area contributed by atoms with Crippen molar-refractivity contribution in [3.05, 3.63) is 71.8 Å². The van der Waals surface area contributed by atoms with Crippen LogP contribution in [0.3, 0.4) is 0 Å². The largest absolute Gasteiger partial charge is 0.407 e. The summed E-state index contributed by atoms with van der Waals surface area (Å²) < 4.78 is 22.8. The number of hydrogen-bond donors (Lipinski definition) is 1. The van der Waals surface area contributed by atoms with Gasteiger partial charge in [-0.2, -0.15) is 0 Å². The molecule has 0 aromatic heterocycles. The van der Waals surface area contributed by atoms with Crippen molar-refractivity contribution in [3.63, 3.8) is 0 Å². The molecular formula is C24H31N2O4S+. The van der Waals surface area contributed by atoms with Gasteiger partial charge in [0.1, 0.15) is 17.6 Å². The molecule has 0 spiro atoms. The standard InChI is InChI=1S/C24H31N2O4S/c1-25-24(26(2)3)31-22-14-20(28-16-18-10-6-4-7-11-18)23(21(15-27)30-22)29-17-19-12-8-5-9-13-19/h4-13,20-23,27H,1,14-17H2,2-3H3/q+1/t20-,21-,22-,23+/m1/s1. The normalized spacial score (nSPS) is 23.2. The number of thioether (sulfide) groups is 1. The molecule has 1 N–H and O–H groups in total. The number of hydrogen-bond acceptors (Lipinski definition) is 5. The predicted octanol–water partition coefficient (Wildman–Crippen LogP) is 2.68. The summed E-state index contributed by atoms with van der Waals surface area (Å²) in [5.74, 6) is 0. The smallest absolute Gasteiger partial charge is 0.394 e. The zero-order chi connectivity index (χ0) is 22.1. The summed E-state index contributed by atoms with van der Waals surface area (Å²) in [6.07, 6.45) is -0.505. The number of aliphatic hydroxyl groups is 1. The monoisotopic (exact) mass is 443 g/mol. The van der Waals surface area contributed by atoms with Gasteiger partial charge in [-0.15, -0.1) is 0 Å². The lowest BCUT2D eigenvalue weighted by Crippen LogP contribution is -2.52. The van der Waals surface area contributed by atoms with Crippen molar-refractivity contribution in [2.45, 2.75) is 43.4 Å². The maximum absolute atomic E-state index is 10.1. The molecule has 0 radical (unpaired) electrons. The van der Waals surface area contributed by atoms with Crippen molar-refractivity contribution in [2.75, 3.05) is 20.7 Å². The Morgan fingerprint density at radius 1 is 1.06 bits per heavy atom. The fourth-order valence-electron chi connectivity index (χ4n) is 3.44. The van der Waals surface area contributed by atoms with Gasteiger partial charge in [0, 0.05) is 18.2 Å². The lowest BCUT2D eigenvalue weighted by atomic mass is 10.0. The molecule has 166 valence electrons. The molecule has 1 fully saturated rings. The van der Waals surface area contributed by atoms with E-state index in [9.17, 15) is 5.11 Å². The number of ether oxygens (including phenoxy) is 3. The average molecular weight is 444 g/mol. The highest BCUT2D eigenvalue weighted by atomic mass is 32.2. The second-order valence-electron chi connectivity index (χ2n) is 7.57. The topological polar surface area (TPSA) is 65.3 Å². The maximum atomic E-state index is 10.1. The van der Waals surface area contributed by atoms with E-state index in [0.717, 1.165) is 16.3 Å². The third-order valence-corrected chi connectivity index (χ3v) is 6.28. The quantitative estimate of drug-likeness (QED) is 0.385. The third-order valence-electron chi connectivity index (χ3n) is 5.01. The van der Waals surface area contributed by atoms with Crippen LogP contribution in [-0.2, 0) is 27.4 Å². The highest BCUT2D eigenvalue weighted by molar-refractivity contribution is 8.14. The molecule has 1 saturated heterocycles. The Labute approximate surface area is 188 Å². The molecule has 1 heterocycles. The Bertz CT molecular complexity index is 843. The minimum absolute atomic E-state index is 0.152. The lowest BCUT2D eigenvalue weighted by molar-refractivity contribution is -0.199. The van der Waals surface area contributed by atoms with Crippen LogP contribution in [0.15, 0.2) is 60.7 Å². The van der Waals surface area contributed by atoms with Crippen LogP contribution in [0.25, 0.3) is 0 Å². The van der Waals surface area contributed by atoms with Gasteiger partial charge in [0.05, 0.1) is 40.0 Å². The molecule has 3 rings (SSSR count). The lowest BCUT2D eigenvalue weighted by Gasteiger charge is -2.40. The summed E-state index contributed by atoms with van der Waals surface area (Å²) in [5.41, 5.74) is 1.93.